The zero-order valence-corrected chi connectivity index (χ0v) is 13.6. The van der Waals surface area contributed by atoms with Gasteiger partial charge in [0.25, 0.3) is 5.91 Å². The Labute approximate surface area is 143 Å². The molecule has 0 spiro atoms. The summed E-state index contributed by atoms with van der Waals surface area (Å²) in [6, 6.07) is 13.6. The second-order valence-electron chi connectivity index (χ2n) is 4.72. The van der Waals surface area contributed by atoms with Crippen molar-refractivity contribution in [1.29, 1.82) is 0 Å². The van der Waals surface area contributed by atoms with Gasteiger partial charge in [0, 0.05) is 5.02 Å². The molecule has 0 bridgehead atoms. The molecule has 2 aromatic carbocycles. The van der Waals surface area contributed by atoms with E-state index in [0.717, 1.165) is 5.56 Å². The number of thiocarbonyl (C=S) groups is 1. The molecule has 7 heteroatoms. The summed E-state index contributed by atoms with van der Waals surface area (Å²) in [7, 11) is 0. The maximum atomic E-state index is 12.0. The van der Waals surface area contributed by atoms with Gasteiger partial charge >= 0.3 is 0 Å². The Morgan fingerprint density at radius 2 is 1.74 bits per heavy atom. The van der Waals surface area contributed by atoms with Crippen LogP contribution in [0.1, 0.15) is 15.9 Å². The predicted octanol–water partition coefficient (Wildman–Crippen LogP) is 2.49. The maximum Gasteiger partial charge on any atom is 0.250 e. The SMILES string of the molecule is NC(=O)c1ccccc1NC(=S)NC(=O)Cc1ccc(Cl)cc1. The number of hydrogen-bond acceptors (Lipinski definition) is 3. The summed E-state index contributed by atoms with van der Waals surface area (Å²) in [4.78, 5) is 23.3. The largest absolute Gasteiger partial charge is 0.366 e. The van der Waals surface area contributed by atoms with E-state index in [4.69, 9.17) is 29.6 Å². The molecule has 5 nitrogen and oxygen atoms in total. The number of para-hydroxylation sites is 1. The minimum absolute atomic E-state index is 0.0951. The van der Waals surface area contributed by atoms with Crippen molar-refractivity contribution in [3.8, 4) is 0 Å². The average molecular weight is 348 g/mol. The van der Waals surface area contributed by atoms with Crippen molar-refractivity contribution >= 4 is 46.4 Å². The molecule has 0 heterocycles. The number of halogens is 1. The van der Waals surface area contributed by atoms with Gasteiger partial charge in [-0.2, -0.15) is 0 Å². The van der Waals surface area contributed by atoms with E-state index < -0.39 is 5.91 Å². The summed E-state index contributed by atoms with van der Waals surface area (Å²) in [5, 5.41) is 6.05. The minimum atomic E-state index is -0.580. The van der Waals surface area contributed by atoms with Gasteiger partial charge in [-0.05, 0) is 42.0 Å². The normalized spacial score (nSPS) is 9.96. The fourth-order valence-electron chi connectivity index (χ4n) is 1.92. The van der Waals surface area contributed by atoms with Gasteiger partial charge in [0.1, 0.15) is 0 Å². The summed E-state index contributed by atoms with van der Waals surface area (Å²) in [6.45, 7) is 0. The number of carbonyl (C=O) groups excluding carboxylic acids is 2. The maximum absolute atomic E-state index is 12.0. The number of primary amides is 1. The lowest BCUT2D eigenvalue weighted by Crippen LogP contribution is -2.35. The molecule has 2 amide bonds. The topological polar surface area (TPSA) is 84.2 Å². The van der Waals surface area contributed by atoms with Crippen LogP contribution in [-0.4, -0.2) is 16.9 Å². The van der Waals surface area contributed by atoms with Crippen molar-refractivity contribution in [3.63, 3.8) is 0 Å². The molecule has 0 aliphatic carbocycles. The zero-order valence-electron chi connectivity index (χ0n) is 12.0. The standard InChI is InChI=1S/C16H14ClN3O2S/c17-11-7-5-10(6-8-11)9-14(21)20-16(23)19-13-4-2-1-3-12(13)15(18)22/h1-8H,9H2,(H2,18,22)(H2,19,20,21,23). The first-order chi connectivity index (χ1) is 11.0. The number of carbonyl (C=O) groups is 2. The Morgan fingerprint density at radius 1 is 1.09 bits per heavy atom. The molecule has 0 fully saturated rings. The quantitative estimate of drug-likeness (QED) is 0.742. The summed E-state index contributed by atoms with van der Waals surface area (Å²) in [6.07, 6.45) is 0.163. The zero-order chi connectivity index (χ0) is 16.8. The van der Waals surface area contributed by atoms with Crippen LogP contribution in [0, 0.1) is 0 Å². The molecule has 23 heavy (non-hydrogen) atoms. The first kappa shape index (κ1) is 16.9. The Kier molecular flexibility index (Phi) is 5.67. The predicted molar refractivity (Wildman–Crippen MR) is 94.5 cm³/mol. The van der Waals surface area contributed by atoms with Crippen LogP contribution >= 0.6 is 23.8 Å². The number of nitrogens with two attached hydrogens (primary N) is 1. The molecule has 0 aliphatic rings. The van der Waals surface area contributed by atoms with Crippen LogP contribution in [0.15, 0.2) is 48.5 Å². The molecule has 2 rings (SSSR count). The van der Waals surface area contributed by atoms with Gasteiger partial charge in [-0.3, -0.25) is 9.59 Å². The van der Waals surface area contributed by atoms with Crippen molar-refractivity contribution in [2.24, 2.45) is 5.73 Å². The third-order valence-electron chi connectivity index (χ3n) is 2.97. The number of anilines is 1. The minimum Gasteiger partial charge on any atom is -0.366 e. The molecule has 2 aromatic rings. The highest BCUT2D eigenvalue weighted by atomic mass is 35.5. The van der Waals surface area contributed by atoms with E-state index in [2.05, 4.69) is 10.6 Å². The highest BCUT2D eigenvalue weighted by Gasteiger charge is 2.10. The highest BCUT2D eigenvalue weighted by Crippen LogP contribution is 2.14. The van der Waals surface area contributed by atoms with Gasteiger partial charge in [-0.1, -0.05) is 35.9 Å². The molecule has 0 radical (unpaired) electrons. The van der Waals surface area contributed by atoms with E-state index in [1.54, 1.807) is 48.5 Å². The molecule has 0 unspecified atom stereocenters. The van der Waals surface area contributed by atoms with Crippen molar-refractivity contribution in [2.75, 3.05) is 5.32 Å². The number of nitrogens with one attached hydrogen (secondary N) is 2. The van der Waals surface area contributed by atoms with Crippen molar-refractivity contribution in [3.05, 3.63) is 64.7 Å². The van der Waals surface area contributed by atoms with Crippen LogP contribution in [0.2, 0.25) is 5.02 Å². The summed E-state index contributed by atoms with van der Waals surface area (Å²) < 4.78 is 0. The number of benzene rings is 2. The van der Waals surface area contributed by atoms with E-state index in [0.29, 0.717) is 16.3 Å². The lowest BCUT2D eigenvalue weighted by molar-refractivity contribution is -0.119. The second-order valence-corrected chi connectivity index (χ2v) is 5.56. The van der Waals surface area contributed by atoms with Crippen molar-refractivity contribution in [1.82, 2.24) is 5.32 Å². The Balaban J connectivity index is 1.95. The molecule has 4 N–H and O–H groups in total. The van der Waals surface area contributed by atoms with Crippen LogP contribution in [0.5, 0.6) is 0 Å². The fourth-order valence-corrected chi connectivity index (χ4v) is 2.27. The van der Waals surface area contributed by atoms with Gasteiger partial charge in [0.15, 0.2) is 5.11 Å². The summed E-state index contributed by atoms with van der Waals surface area (Å²) in [5.74, 6) is -0.857. The fraction of sp³-hybridized carbons (Fsp3) is 0.0625. The number of hydrogen-bond donors (Lipinski definition) is 3. The molecule has 0 saturated heterocycles. The van der Waals surface area contributed by atoms with Gasteiger partial charge in [-0.15, -0.1) is 0 Å². The van der Waals surface area contributed by atoms with Crippen LogP contribution in [0.3, 0.4) is 0 Å². The van der Waals surface area contributed by atoms with Gasteiger partial charge in [0.2, 0.25) is 5.91 Å². The van der Waals surface area contributed by atoms with E-state index in [1.165, 1.54) is 0 Å². The molecule has 0 atom stereocenters. The highest BCUT2D eigenvalue weighted by molar-refractivity contribution is 7.80. The average Bonchev–Trinajstić information content (AvgIpc) is 2.49. The molecule has 0 aliphatic heterocycles. The third-order valence-corrected chi connectivity index (χ3v) is 3.43. The second kappa shape index (κ2) is 7.71. The van der Waals surface area contributed by atoms with Gasteiger partial charge in [0.05, 0.1) is 17.7 Å². The molecule has 118 valence electrons. The van der Waals surface area contributed by atoms with Crippen LogP contribution in [0.4, 0.5) is 5.69 Å². The van der Waals surface area contributed by atoms with E-state index >= 15 is 0 Å². The Morgan fingerprint density at radius 3 is 2.39 bits per heavy atom. The lowest BCUT2D eigenvalue weighted by Gasteiger charge is -2.12. The van der Waals surface area contributed by atoms with E-state index in [9.17, 15) is 9.59 Å². The van der Waals surface area contributed by atoms with Crippen LogP contribution < -0.4 is 16.4 Å². The van der Waals surface area contributed by atoms with Crippen molar-refractivity contribution < 1.29 is 9.59 Å². The number of rotatable bonds is 4. The molecule has 0 aromatic heterocycles. The van der Waals surface area contributed by atoms with E-state index in [1.807, 2.05) is 0 Å². The molecular weight excluding hydrogens is 334 g/mol. The van der Waals surface area contributed by atoms with Crippen LogP contribution in [0.25, 0.3) is 0 Å². The third kappa shape index (κ3) is 5.05. The lowest BCUT2D eigenvalue weighted by atomic mass is 10.1. The van der Waals surface area contributed by atoms with E-state index in [-0.39, 0.29) is 17.4 Å². The first-order valence-electron chi connectivity index (χ1n) is 6.70. The van der Waals surface area contributed by atoms with Gasteiger partial charge in [-0.25, -0.2) is 0 Å². The van der Waals surface area contributed by atoms with Crippen molar-refractivity contribution in [2.45, 2.75) is 6.42 Å². The summed E-state index contributed by atoms with van der Waals surface area (Å²) in [5.41, 5.74) is 6.83. The summed E-state index contributed by atoms with van der Waals surface area (Å²) >= 11 is 10.9. The monoisotopic (exact) mass is 347 g/mol. The molecular formula is C16H14ClN3O2S. The number of amides is 2. The Hall–Kier alpha value is -2.44. The van der Waals surface area contributed by atoms with Gasteiger partial charge < -0.3 is 16.4 Å². The first-order valence-corrected chi connectivity index (χ1v) is 7.48. The van der Waals surface area contributed by atoms with Crippen LogP contribution in [-0.2, 0) is 11.2 Å². The Bertz CT molecular complexity index is 747. The molecule has 0 saturated carbocycles. The smallest absolute Gasteiger partial charge is 0.250 e.